The number of carbonyl (C=O) groups is 1. The summed E-state index contributed by atoms with van der Waals surface area (Å²) in [6.45, 7) is 5.25. The van der Waals surface area contributed by atoms with E-state index in [9.17, 15) is 14.4 Å². The molecule has 3 aromatic heterocycles. The fourth-order valence-corrected chi connectivity index (χ4v) is 4.02. The first-order valence-electron chi connectivity index (χ1n) is 10.4. The second-order valence-electron chi connectivity index (χ2n) is 8.05. The van der Waals surface area contributed by atoms with Gasteiger partial charge < -0.3 is 19.9 Å². The second kappa shape index (κ2) is 8.30. The maximum absolute atomic E-state index is 13.2. The number of hydrogen-bond donors (Lipinski definition) is 3. The zero-order valence-corrected chi connectivity index (χ0v) is 18.4. The van der Waals surface area contributed by atoms with E-state index >= 15 is 0 Å². The molecule has 0 bridgehead atoms. The van der Waals surface area contributed by atoms with E-state index in [1.165, 1.54) is 10.6 Å². The Morgan fingerprint density at radius 1 is 1.16 bits per heavy atom. The van der Waals surface area contributed by atoms with Gasteiger partial charge in [-0.2, -0.15) is 0 Å². The number of rotatable bonds is 5. The predicted octanol–water partition coefficient (Wildman–Crippen LogP) is 2.59. The van der Waals surface area contributed by atoms with Crippen LogP contribution in [-0.4, -0.2) is 25.4 Å². The molecule has 4 rings (SSSR count). The first kappa shape index (κ1) is 21.3. The van der Waals surface area contributed by atoms with Gasteiger partial charge in [0.25, 0.3) is 17.0 Å². The molecule has 8 nitrogen and oxygen atoms in total. The number of fused-ring (bicyclic) bond motifs is 1. The van der Waals surface area contributed by atoms with Gasteiger partial charge in [0, 0.05) is 42.3 Å². The monoisotopic (exact) mass is 431 g/mol. The van der Waals surface area contributed by atoms with E-state index in [4.69, 9.17) is 0 Å². The van der Waals surface area contributed by atoms with Gasteiger partial charge in [0.2, 0.25) is 0 Å². The summed E-state index contributed by atoms with van der Waals surface area (Å²) >= 11 is 0. The highest BCUT2D eigenvalue weighted by Crippen LogP contribution is 2.24. The van der Waals surface area contributed by atoms with E-state index in [-0.39, 0.29) is 16.7 Å². The number of hydrogen-bond acceptors (Lipinski definition) is 4. The van der Waals surface area contributed by atoms with E-state index in [2.05, 4.69) is 20.3 Å². The number of aryl methyl sites for hydroxylation is 3. The van der Waals surface area contributed by atoms with Crippen LogP contribution in [0.1, 0.15) is 44.7 Å². The third-order valence-electron chi connectivity index (χ3n) is 5.74. The van der Waals surface area contributed by atoms with Crippen LogP contribution < -0.4 is 16.4 Å². The molecule has 0 aliphatic heterocycles. The molecule has 0 radical (unpaired) electrons. The molecule has 8 heteroatoms. The van der Waals surface area contributed by atoms with Crippen molar-refractivity contribution in [3.05, 3.63) is 97.2 Å². The average Bonchev–Trinajstić information content (AvgIpc) is 3.14. The van der Waals surface area contributed by atoms with Crippen molar-refractivity contribution in [2.75, 3.05) is 0 Å². The molecule has 0 saturated carbocycles. The molecule has 0 unspecified atom stereocenters. The highest BCUT2D eigenvalue weighted by atomic mass is 16.2. The standard InChI is InChI=1S/C24H25N5O3/c1-13-9-14(2)29(4)24(32)22(13)23(31)28-19(20-11-21(30)27-15(3)26-20)10-16-12-25-18-8-6-5-7-17(16)18/h5-9,11-12,19,25H,10H2,1-4H3,(H,28,31)(H,26,27,30)/t19-/m1/s1. The number of aromatic amines is 2. The summed E-state index contributed by atoms with van der Waals surface area (Å²) in [5, 5.41) is 3.98. The van der Waals surface area contributed by atoms with Crippen LogP contribution in [0.15, 0.2) is 52.2 Å². The maximum Gasteiger partial charge on any atom is 0.263 e. The van der Waals surface area contributed by atoms with Gasteiger partial charge in [0.15, 0.2) is 0 Å². The van der Waals surface area contributed by atoms with Crippen LogP contribution in [0, 0.1) is 20.8 Å². The van der Waals surface area contributed by atoms with Crippen molar-refractivity contribution in [2.24, 2.45) is 7.05 Å². The predicted molar refractivity (Wildman–Crippen MR) is 123 cm³/mol. The van der Waals surface area contributed by atoms with Crippen molar-refractivity contribution < 1.29 is 4.79 Å². The van der Waals surface area contributed by atoms with Gasteiger partial charge in [-0.25, -0.2) is 4.98 Å². The van der Waals surface area contributed by atoms with Crippen molar-refractivity contribution in [1.29, 1.82) is 0 Å². The number of nitrogens with one attached hydrogen (secondary N) is 3. The summed E-state index contributed by atoms with van der Waals surface area (Å²) in [5.74, 6) is -0.0409. The number of nitrogens with zero attached hydrogens (tertiary/aromatic N) is 2. The Hall–Kier alpha value is -3.94. The molecule has 0 aliphatic carbocycles. The quantitative estimate of drug-likeness (QED) is 0.451. The third kappa shape index (κ3) is 3.99. The summed E-state index contributed by atoms with van der Waals surface area (Å²) in [4.78, 5) is 48.5. The number of para-hydroxylation sites is 1. The molecule has 1 amide bonds. The molecule has 1 atom stereocenters. The minimum atomic E-state index is -0.604. The van der Waals surface area contributed by atoms with Crippen molar-refractivity contribution in [1.82, 2.24) is 24.8 Å². The number of amides is 1. The first-order chi connectivity index (χ1) is 15.2. The van der Waals surface area contributed by atoms with Crippen LogP contribution in [0.3, 0.4) is 0 Å². The lowest BCUT2D eigenvalue weighted by Gasteiger charge is -2.19. The largest absolute Gasteiger partial charge is 0.361 e. The molecule has 1 aromatic carbocycles. The molecular weight excluding hydrogens is 406 g/mol. The summed E-state index contributed by atoms with van der Waals surface area (Å²) in [7, 11) is 1.64. The van der Waals surface area contributed by atoms with Crippen molar-refractivity contribution >= 4 is 16.8 Å². The Morgan fingerprint density at radius 2 is 1.91 bits per heavy atom. The smallest absolute Gasteiger partial charge is 0.263 e. The summed E-state index contributed by atoms with van der Waals surface area (Å²) in [5.41, 5.74) is 3.18. The normalized spacial score (nSPS) is 12.1. The van der Waals surface area contributed by atoms with E-state index in [0.717, 1.165) is 22.2 Å². The molecule has 0 spiro atoms. The fourth-order valence-electron chi connectivity index (χ4n) is 4.02. The average molecular weight is 431 g/mol. The van der Waals surface area contributed by atoms with Gasteiger partial charge in [-0.3, -0.25) is 14.4 Å². The molecular formula is C24H25N5O3. The maximum atomic E-state index is 13.2. The lowest BCUT2D eigenvalue weighted by atomic mass is 10.0. The van der Waals surface area contributed by atoms with E-state index in [1.807, 2.05) is 37.4 Å². The van der Waals surface area contributed by atoms with Crippen LogP contribution >= 0.6 is 0 Å². The summed E-state index contributed by atoms with van der Waals surface area (Å²) in [6.07, 6.45) is 2.29. The van der Waals surface area contributed by atoms with Crippen molar-refractivity contribution in [3.63, 3.8) is 0 Å². The fraction of sp³-hybridized carbons (Fsp3) is 0.250. The van der Waals surface area contributed by atoms with Crippen LogP contribution in [0.4, 0.5) is 0 Å². The molecule has 164 valence electrons. The lowest BCUT2D eigenvalue weighted by molar-refractivity contribution is 0.0933. The number of H-pyrrole nitrogens is 2. The zero-order valence-electron chi connectivity index (χ0n) is 18.4. The Bertz CT molecular complexity index is 1440. The topological polar surface area (TPSA) is 113 Å². The highest BCUT2D eigenvalue weighted by molar-refractivity contribution is 5.95. The van der Waals surface area contributed by atoms with Gasteiger partial charge in [0.05, 0.1) is 11.7 Å². The number of pyridine rings is 1. The SMILES string of the molecule is Cc1nc([C@@H](Cc2c[nH]c3ccccc23)NC(=O)c2c(C)cc(C)n(C)c2=O)cc(=O)[nH]1. The lowest BCUT2D eigenvalue weighted by Crippen LogP contribution is -2.37. The molecule has 0 fully saturated rings. The number of benzene rings is 1. The molecule has 0 saturated heterocycles. The van der Waals surface area contributed by atoms with Crippen LogP contribution in [0.25, 0.3) is 10.9 Å². The molecule has 0 aliphatic rings. The van der Waals surface area contributed by atoms with Crippen LogP contribution in [0.2, 0.25) is 0 Å². The Labute approximate surface area is 184 Å². The number of aromatic nitrogens is 4. The first-order valence-corrected chi connectivity index (χ1v) is 10.4. The Kier molecular flexibility index (Phi) is 5.52. The van der Waals surface area contributed by atoms with Gasteiger partial charge in [-0.15, -0.1) is 0 Å². The minimum Gasteiger partial charge on any atom is -0.361 e. The van der Waals surface area contributed by atoms with Crippen molar-refractivity contribution in [2.45, 2.75) is 33.2 Å². The van der Waals surface area contributed by atoms with Crippen LogP contribution in [-0.2, 0) is 13.5 Å². The summed E-state index contributed by atoms with van der Waals surface area (Å²) in [6, 6.07) is 10.4. The molecule has 32 heavy (non-hydrogen) atoms. The molecule has 3 heterocycles. The summed E-state index contributed by atoms with van der Waals surface area (Å²) < 4.78 is 1.45. The van der Waals surface area contributed by atoms with Gasteiger partial charge in [-0.1, -0.05) is 18.2 Å². The molecule has 3 N–H and O–H groups in total. The Morgan fingerprint density at radius 3 is 2.66 bits per heavy atom. The van der Waals surface area contributed by atoms with Crippen LogP contribution in [0.5, 0.6) is 0 Å². The Balaban J connectivity index is 1.76. The van der Waals surface area contributed by atoms with Gasteiger partial charge >= 0.3 is 0 Å². The van der Waals surface area contributed by atoms with E-state index < -0.39 is 11.9 Å². The second-order valence-corrected chi connectivity index (χ2v) is 8.05. The van der Waals surface area contributed by atoms with E-state index in [0.29, 0.717) is 23.5 Å². The third-order valence-corrected chi connectivity index (χ3v) is 5.74. The van der Waals surface area contributed by atoms with Crippen molar-refractivity contribution in [3.8, 4) is 0 Å². The van der Waals surface area contributed by atoms with Gasteiger partial charge in [-0.05, 0) is 44.0 Å². The molecule has 4 aromatic rings. The zero-order chi connectivity index (χ0) is 23.0. The highest BCUT2D eigenvalue weighted by Gasteiger charge is 2.23. The number of carbonyl (C=O) groups excluding carboxylic acids is 1. The van der Waals surface area contributed by atoms with Gasteiger partial charge in [0.1, 0.15) is 11.4 Å². The van der Waals surface area contributed by atoms with E-state index in [1.54, 1.807) is 27.0 Å². The minimum absolute atomic E-state index is 0.0867.